The van der Waals surface area contributed by atoms with Crippen molar-refractivity contribution < 1.29 is 19.4 Å². The molecule has 1 atom stereocenters. The van der Waals surface area contributed by atoms with Gasteiger partial charge >= 0.3 is 5.97 Å². The summed E-state index contributed by atoms with van der Waals surface area (Å²) in [6.07, 6.45) is 1.30. The SMILES string of the molecule is COc1cc(Cl)ccc1-c1cc(C(=O)N[C@@H](CC(=O)O)c2ccccc2C)ccn1. The fourth-order valence-corrected chi connectivity index (χ4v) is 3.39. The molecule has 2 aromatic carbocycles. The number of hydrogen-bond acceptors (Lipinski definition) is 4. The van der Waals surface area contributed by atoms with Crippen molar-refractivity contribution in [3.63, 3.8) is 0 Å². The first-order valence-corrected chi connectivity index (χ1v) is 9.65. The van der Waals surface area contributed by atoms with Gasteiger partial charge in [-0.2, -0.15) is 0 Å². The van der Waals surface area contributed by atoms with Crippen molar-refractivity contribution >= 4 is 23.5 Å². The van der Waals surface area contributed by atoms with E-state index in [2.05, 4.69) is 10.3 Å². The number of benzene rings is 2. The highest BCUT2D eigenvalue weighted by Gasteiger charge is 2.21. The van der Waals surface area contributed by atoms with E-state index >= 15 is 0 Å². The van der Waals surface area contributed by atoms with Crippen LogP contribution in [0.3, 0.4) is 0 Å². The number of carbonyl (C=O) groups is 2. The summed E-state index contributed by atoms with van der Waals surface area (Å²) >= 11 is 6.02. The van der Waals surface area contributed by atoms with Crippen LogP contribution in [0.1, 0.15) is 33.9 Å². The third-order valence-electron chi connectivity index (χ3n) is 4.71. The Kier molecular flexibility index (Phi) is 6.69. The van der Waals surface area contributed by atoms with Crippen molar-refractivity contribution in [2.75, 3.05) is 7.11 Å². The Morgan fingerprint density at radius 3 is 2.63 bits per heavy atom. The van der Waals surface area contributed by atoms with Crippen molar-refractivity contribution in [2.45, 2.75) is 19.4 Å². The zero-order valence-electron chi connectivity index (χ0n) is 16.6. The maximum atomic E-state index is 12.9. The van der Waals surface area contributed by atoms with Crippen molar-refractivity contribution in [1.29, 1.82) is 0 Å². The van der Waals surface area contributed by atoms with Crippen LogP contribution in [0.4, 0.5) is 0 Å². The molecule has 0 radical (unpaired) electrons. The number of carbonyl (C=O) groups excluding carboxylic acids is 1. The topological polar surface area (TPSA) is 88.5 Å². The Hall–Kier alpha value is -3.38. The van der Waals surface area contributed by atoms with E-state index in [9.17, 15) is 14.7 Å². The predicted molar refractivity (Wildman–Crippen MR) is 115 cm³/mol. The molecule has 0 aliphatic rings. The van der Waals surface area contributed by atoms with Crippen LogP contribution in [0, 0.1) is 6.92 Å². The number of aryl methyl sites for hydroxylation is 1. The lowest BCUT2D eigenvalue weighted by Gasteiger charge is -2.19. The van der Waals surface area contributed by atoms with Crippen LogP contribution < -0.4 is 10.1 Å². The number of ether oxygens (including phenoxy) is 1. The lowest BCUT2D eigenvalue weighted by molar-refractivity contribution is -0.137. The zero-order chi connectivity index (χ0) is 21.7. The Morgan fingerprint density at radius 2 is 1.93 bits per heavy atom. The minimum absolute atomic E-state index is 0.223. The van der Waals surface area contributed by atoms with E-state index in [-0.39, 0.29) is 12.3 Å². The molecule has 7 heteroatoms. The smallest absolute Gasteiger partial charge is 0.305 e. The summed E-state index contributed by atoms with van der Waals surface area (Å²) in [5.41, 5.74) is 3.27. The van der Waals surface area contributed by atoms with Gasteiger partial charge in [-0.25, -0.2) is 0 Å². The molecule has 1 heterocycles. The minimum atomic E-state index is -0.995. The largest absolute Gasteiger partial charge is 0.496 e. The Morgan fingerprint density at radius 1 is 1.17 bits per heavy atom. The number of methoxy groups -OCH3 is 1. The summed E-state index contributed by atoms with van der Waals surface area (Å²) in [7, 11) is 1.53. The second-order valence-electron chi connectivity index (χ2n) is 6.75. The van der Waals surface area contributed by atoms with Crippen LogP contribution in [0.2, 0.25) is 5.02 Å². The lowest BCUT2D eigenvalue weighted by Crippen LogP contribution is -2.30. The third-order valence-corrected chi connectivity index (χ3v) is 4.94. The first kappa shape index (κ1) is 21.3. The molecule has 0 saturated carbocycles. The highest BCUT2D eigenvalue weighted by atomic mass is 35.5. The second-order valence-corrected chi connectivity index (χ2v) is 7.19. The molecule has 3 rings (SSSR count). The number of halogens is 1. The van der Waals surface area contributed by atoms with Crippen LogP contribution in [-0.4, -0.2) is 29.1 Å². The average Bonchev–Trinajstić information content (AvgIpc) is 2.73. The molecule has 1 aromatic heterocycles. The number of pyridine rings is 1. The Bertz CT molecular complexity index is 1080. The first-order valence-electron chi connectivity index (χ1n) is 9.27. The number of nitrogens with zero attached hydrogens (tertiary/aromatic N) is 1. The maximum absolute atomic E-state index is 12.9. The van der Waals surface area contributed by atoms with Gasteiger partial charge in [0.2, 0.25) is 0 Å². The summed E-state index contributed by atoms with van der Waals surface area (Å²) in [5.74, 6) is -0.845. The zero-order valence-corrected chi connectivity index (χ0v) is 17.3. The van der Waals surface area contributed by atoms with Gasteiger partial charge in [0, 0.05) is 22.3 Å². The Labute approximate surface area is 179 Å². The number of aliphatic carboxylic acids is 1. The molecule has 0 bridgehead atoms. The molecule has 2 N–H and O–H groups in total. The second kappa shape index (κ2) is 9.41. The molecular weight excluding hydrogens is 404 g/mol. The molecule has 0 spiro atoms. The highest BCUT2D eigenvalue weighted by molar-refractivity contribution is 6.30. The Balaban J connectivity index is 1.90. The molecule has 0 saturated heterocycles. The van der Waals surface area contributed by atoms with E-state index in [4.69, 9.17) is 16.3 Å². The van der Waals surface area contributed by atoms with E-state index < -0.39 is 12.0 Å². The number of rotatable bonds is 7. The maximum Gasteiger partial charge on any atom is 0.305 e. The number of amides is 1. The molecule has 0 aliphatic carbocycles. The number of aromatic nitrogens is 1. The minimum Gasteiger partial charge on any atom is -0.496 e. The van der Waals surface area contributed by atoms with Crippen molar-refractivity contribution in [3.8, 4) is 17.0 Å². The molecule has 3 aromatic rings. The van der Waals surface area contributed by atoms with Crippen molar-refractivity contribution in [3.05, 3.63) is 82.5 Å². The van der Waals surface area contributed by atoms with Gasteiger partial charge < -0.3 is 15.2 Å². The third kappa shape index (κ3) is 4.96. The van der Waals surface area contributed by atoms with E-state index in [0.717, 1.165) is 11.1 Å². The fourth-order valence-electron chi connectivity index (χ4n) is 3.23. The molecule has 154 valence electrons. The van der Waals surface area contributed by atoms with E-state index in [1.165, 1.54) is 13.3 Å². The molecule has 6 nitrogen and oxygen atoms in total. The molecule has 0 fully saturated rings. The fraction of sp³-hybridized carbons (Fsp3) is 0.174. The number of hydrogen-bond donors (Lipinski definition) is 2. The van der Waals surface area contributed by atoms with Gasteiger partial charge in [-0.15, -0.1) is 0 Å². The van der Waals surface area contributed by atoms with Crippen molar-refractivity contribution in [1.82, 2.24) is 10.3 Å². The summed E-state index contributed by atoms with van der Waals surface area (Å²) in [6, 6.07) is 15.1. The molecule has 1 amide bonds. The molecule has 30 heavy (non-hydrogen) atoms. The quantitative estimate of drug-likeness (QED) is 0.575. The van der Waals surface area contributed by atoms with Crippen LogP contribution in [-0.2, 0) is 4.79 Å². The number of carboxylic acid groups (broad SMARTS) is 1. The lowest BCUT2D eigenvalue weighted by atomic mass is 9.98. The number of nitrogens with one attached hydrogen (secondary N) is 1. The standard InChI is InChI=1S/C23H21ClN2O4/c1-14-5-3-4-6-17(14)20(13-22(27)28)26-23(29)15-9-10-25-19(11-15)18-8-7-16(24)12-21(18)30-2/h3-12,20H,13H2,1-2H3,(H,26,29)(H,27,28)/t20-/m0/s1. The van der Waals surface area contributed by atoms with Crippen molar-refractivity contribution in [2.24, 2.45) is 0 Å². The van der Waals surface area contributed by atoms with E-state index in [1.54, 1.807) is 30.3 Å². The molecule has 0 aliphatic heterocycles. The van der Waals surface area contributed by atoms with Gasteiger partial charge in [-0.1, -0.05) is 35.9 Å². The van der Waals surface area contributed by atoms with Crippen LogP contribution in [0.15, 0.2) is 60.8 Å². The van der Waals surface area contributed by atoms with E-state index in [0.29, 0.717) is 27.6 Å². The van der Waals surface area contributed by atoms with Gasteiger partial charge in [0.05, 0.1) is 25.3 Å². The van der Waals surface area contributed by atoms with Gasteiger partial charge in [0.25, 0.3) is 5.91 Å². The normalized spacial score (nSPS) is 11.6. The number of carboxylic acids is 1. The van der Waals surface area contributed by atoms with Gasteiger partial charge in [-0.05, 0) is 48.4 Å². The summed E-state index contributed by atoms with van der Waals surface area (Å²) in [4.78, 5) is 28.6. The monoisotopic (exact) mass is 424 g/mol. The van der Waals surface area contributed by atoms with Gasteiger partial charge in [-0.3, -0.25) is 14.6 Å². The summed E-state index contributed by atoms with van der Waals surface area (Å²) < 4.78 is 5.37. The highest BCUT2D eigenvalue weighted by Crippen LogP contribution is 2.31. The summed E-state index contributed by atoms with van der Waals surface area (Å²) in [5, 5.41) is 12.7. The van der Waals surface area contributed by atoms with Crippen LogP contribution in [0.25, 0.3) is 11.3 Å². The summed E-state index contributed by atoms with van der Waals surface area (Å²) in [6.45, 7) is 1.88. The molecule has 0 unspecified atom stereocenters. The van der Waals surface area contributed by atoms with E-state index in [1.807, 2.05) is 31.2 Å². The van der Waals surface area contributed by atoms with Crippen LogP contribution >= 0.6 is 11.6 Å². The predicted octanol–water partition coefficient (Wildman–Crippen LogP) is 4.66. The first-order chi connectivity index (χ1) is 14.4. The average molecular weight is 425 g/mol. The van der Waals surface area contributed by atoms with Gasteiger partial charge in [0.1, 0.15) is 5.75 Å². The van der Waals surface area contributed by atoms with Gasteiger partial charge in [0.15, 0.2) is 0 Å². The van der Waals surface area contributed by atoms with Crippen LogP contribution in [0.5, 0.6) is 5.75 Å². The molecular formula is C23H21ClN2O4.